The highest BCUT2D eigenvalue weighted by molar-refractivity contribution is 5.05. The topological polar surface area (TPSA) is 60.7 Å². The number of allylic oxidation sites excluding steroid dienone is 1. The lowest BCUT2D eigenvalue weighted by Gasteiger charge is -2.19. The van der Waals surface area contributed by atoms with E-state index in [1.54, 1.807) is 12.2 Å². The lowest BCUT2D eigenvalue weighted by Crippen LogP contribution is -2.20. The van der Waals surface area contributed by atoms with Gasteiger partial charge in [-0.15, -0.1) is 6.58 Å². The summed E-state index contributed by atoms with van der Waals surface area (Å²) in [6.45, 7) is 5.83. The molecule has 0 radical (unpaired) electrons. The van der Waals surface area contributed by atoms with Gasteiger partial charge >= 0.3 is 0 Å². The van der Waals surface area contributed by atoms with Gasteiger partial charge in [0.1, 0.15) is 0 Å². The molecule has 0 bridgehead atoms. The quantitative estimate of drug-likeness (QED) is 0.468. The van der Waals surface area contributed by atoms with Crippen LogP contribution < -0.4 is 0 Å². The summed E-state index contributed by atoms with van der Waals surface area (Å²) in [5, 5.41) is 29.7. The van der Waals surface area contributed by atoms with E-state index in [1.165, 1.54) is 0 Å². The van der Waals surface area contributed by atoms with Crippen LogP contribution in [0.2, 0.25) is 0 Å². The fraction of sp³-hybridized carbons (Fsp3) is 0.750. The Morgan fingerprint density at radius 2 is 2.00 bits per heavy atom. The SMILES string of the molecule is C=CCC1C(O)CC(O)C1/C=C/C(O)CCCCC. The highest BCUT2D eigenvalue weighted by Crippen LogP contribution is 2.36. The molecule has 1 rings (SSSR count). The van der Waals surface area contributed by atoms with E-state index in [9.17, 15) is 15.3 Å². The molecule has 3 heteroatoms. The molecule has 0 aromatic heterocycles. The second-order valence-electron chi connectivity index (χ2n) is 5.58. The molecule has 19 heavy (non-hydrogen) atoms. The Labute approximate surface area is 116 Å². The molecule has 1 aliphatic carbocycles. The van der Waals surface area contributed by atoms with Crippen LogP contribution in [-0.2, 0) is 0 Å². The fourth-order valence-electron chi connectivity index (χ4n) is 2.86. The molecule has 1 aliphatic rings. The van der Waals surface area contributed by atoms with Gasteiger partial charge in [-0.25, -0.2) is 0 Å². The number of hydrogen-bond acceptors (Lipinski definition) is 3. The first-order valence-electron chi connectivity index (χ1n) is 7.43. The van der Waals surface area contributed by atoms with Gasteiger partial charge in [0.2, 0.25) is 0 Å². The van der Waals surface area contributed by atoms with Gasteiger partial charge in [-0.3, -0.25) is 0 Å². The Kier molecular flexibility index (Phi) is 7.36. The van der Waals surface area contributed by atoms with Crippen molar-refractivity contribution in [2.75, 3.05) is 0 Å². The van der Waals surface area contributed by atoms with Crippen LogP contribution in [0.4, 0.5) is 0 Å². The lowest BCUT2D eigenvalue weighted by atomic mass is 9.90. The summed E-state index contributed by atoms with van der Waals surface area (Å²) < 4.78 is 0. The van der Waals surface area contributed by atoms with Crippen LogP contribution in [0.1, 0.15) is 45.4 Å². The van der Waals surface area contributed by atoms with Gasteiger partial charge in [-0.1, -0.05) is 44.4 Å². The van der Waals surface area contributed by atoms with Crippen molar-refractivity contribution < 1.29 is 15.3 Å². The predicted octanol–water partition coefficient (Wildman–Crippen LogP) is 2.42. The molecule has 110 valence electrons. The highest BCUT2D eigenvalue weighted by atomic mass is 16.3. The molecule has 0 aromatic carbocycles. The third-order valence-corrected chi connectivity index (χ3v) is 4.01. The summed E-state index contributed by atoms with van der Waals surface area (Å²) in [6.07, 6.45) is 9.18. The van der Waals surface area contributed by atoms with Crippen molar-refractivity contribution in [2.24, 2.45) is 11.8 Å². The lowest BCUT2D eigenvalue weighted by molar-refractivity contribution is 0.120. The summed E-state index contributed by atoms with van der Waals surface area (Å²) in [6, 6.07) is 0. The van der Waals surface area contributed by atoms with Crippen LogP contribution >= 0.6 is 0 Å². The summed E-state index contributed by atoms with van der Waals surface area (Å²) in [4.78, 5) is 0. The van der Waals surface area contributed by atoms with Crippen molar-refractivity contribution in [3.8, 4) is 0 Å². The molecule has 0 amide bonds. The van der Waals surface area contributed by atoms with Gasteiger partial charge in [0, 0.05) is 12.3 Å². The molecule has 0 spiro atoms. The third kappa shape index (κ3) is 5.09. The Morgan fingerprint density at radius 1 is 1.26 bits per heavy atom. The molecule has 5 unspecified atom stereocenters. The van der Waals surface area contributed by atoms with Crippen molar-refractivity contribution in [1.29, 1.82) is 0 Å². The van der Waals surface area contributed by atoms with E-state index < -0.39 is 18.3 Å². The third-order valence-electron chi connectivity index (χ3n) is 4.01. The number of rotatable bonds is 8. The van der Waals surface area contributed by atoms with E-state index in [4.69, 9.17) is 0 Å². The van der Waals surface area contributed by atoms with E-state index in [1.807, 2.05) is 6.08 Å². The first kappa shape index (κ1) is 16.4. The van der Waals surface area contributed by atoms with E-state index in [-0.39, 0.29) is 11.8 Å². The Morgan fingerprint density at radius 3 is 2.63 bits per heavy atom. The molecule has 3 nitrogen and oxygen atoms in total. The second-order valence-corrected chi connectivity index (χ2v) is 5.58. The molecule has 0 saturated heterocycles. The van der Waals surface area contributed by atoms with E-state index >= 15 is 0 Å². The largest absolute Gasteiger partial charge is 0.393 e. The maximum absolute atomic E-state index is 9.96. The first-order chi connectivity index (χ1) is 9.10. The van der Waals surface area contributed by atoms with Crippen LogP contribution in [0, 0.1) is 11.8 Å². The summed E-state index contributed by atoms with van der Waals surface area (Å²) >= 11 is 0. The Hall–Kier alpha value is -0.640. The molecular formula is C16H28O3. The monoisotopic (exact) mass is 268 g/mol. The Bertz CT molecular complexity index is 288. The van der Waals surface area contributed by atoms with Crippen LogP contribution in [0.15, 0.2) is 24.8 Å². The summed E-state index contributed by atoms with van der Waals surface area (Å²) in [7, 11) is 0. The maximum atomic E-state index is 9.96. The van der Waals surface area contributed by atoms with Crippen molar-refractivity contribution in [3.05, 3.63) is 24.8 Å². The van der Waals surface area contributed by atoms with Gasteiger partial charge in [0.05, 0.1) is 18.3 Å². The average Bonchev–Trinajstić information content (AvgIpc) is 2.63. The zero-order valence-corrected chi connectivity index (χ0v) is 11.9. The molecular weight excluding hydrogens is 240 g/mol. The van der Waals surface area contributed by atoms with Crippen molar-refractivity contribution in [1.82, 2.24) is 0 Å². The molecule has 1 fully saturated rings. The maximum Gasteiger partial charge on any atom is 0.0721 e. The van der Waals surface area contributed by atoms with Gasteiger partial charge in [-0.05, 0) is 18.8 Å². The number of unbranched alkanes of at least 4 members (excludes halogenated alkanes) is 2. The van der Waals surface area contributed by atoms with Crippen molar-refractivity contribution in [3.63, 3.8) is 0 Å². The number of aliphatic hydroxyl groups is 3. The molecule has 0 aliphatic heterocycles. The van der Waals surface area contributed by atoms with E-state index in [2.05, 4.69) is 13.5 Å². The normalized spacial score (nSPS) is 32.8. The van der Waals surface area contributed by atoms with E-state index in [0.717, 1.165) is 25.7 Å². The second kappa shape index (κ2) is 8.51. The smallest absolute Gasteiger partial charge is 0.0721 e. The zero-order valence-electron chi connectivity index (χ0n) is 11.9. The zero-order chi connectivity index (χ0) is 14.3. The van der Waals surface area contributed by atoms with Crippen LogP contribution in [0.25, 0.3) is 0 Å². The summed E-state index contributed by atoms with van der Waals surface area (Å²) in [5.74, 6) is -0.0552. The van der Waals surface area contributed by atoms with Gasteiger partial charge in [0.15, 0.2) is 0 Å². The highest BCUT2D eigenvalue weighted by Gasteiger charge is 2.39. The van der Waals surface area contributed by atoms with Crippen LogP contribution in [0.5, 0.6) is 0 Å². The minimum Gasteiger partial charge on any atom is -0.393 e. The van der Waals surface area contributed by atoms with Gasteiger partial charge in [-0.2, -0.15) is 0 Å². The molecule has 3 N–H and O–H groups in total. The Balaban J connectivity index is 2.50. The molecule has 0 aromatic rings. The number of hydrogen-bond donors (Lipinski definition) is 3. The van der Waals surface area contributed by atoms with E-state index in [0.29, 0.717) is 12.8 Å². The standard InChI is InChI=1S/C16H28O3/c1-3-5-6-8-12(17)9-10-14-13(7-4-2)15(18)11-16(14)19/h4,9-10,12-19H,2-3,5-8,11H2,1H3/b10-9+. The van der Waals surface area contributed by atoms with Crippen molar-refractivity contribution in [2.45, 2.75) is 63.8 Å². The van der Waals surface area contributed by atoms with Gasteiger partial charge in [0.25, 0.3) is 0 Å². The van der Waals surface area contributed by atoms with Crippen LogP contribution in [-0.4, -0.2) is 33.6 Å². The fourth-order valence-corrected chi connectivity index (χ4v) is 2.86. The molecule has 1 saturated carbocycles. The minimum atomic E-state index is -0.515. The van der Waals surface area contributed by atoms with Crippen LogP contribution in [0.3, 0.4) is 0 Å². The average molecular weight is 268 g/mol. The molecule has 0 heterocycles. The predicted molar refractivity (Wildman–Crippen MR) is 77.7 cm³/mol. The molecule has 5 atom stereocenters. The first-order valence-corrected chi connectivity index (χ1v) is 7.43. The summed E-state index contributed by atoms with van der Waals surface area (Å²) in [5.41, 5.74) is 0. The van der Waals surface area contributed by atoms with Crippen molar-refractivity contribution >= 4 is 0 Å². The van der Waals surface area contributed by atoms with Gasteiger partial charge < -0.3 is 15.3 Å². The minimum absolute atomic E-state index is 0.0200. The number of aliphatic hydroxyl groups excluding tert-OH is 3.